The summed E-state index contributed by atoms with van der Waals surface area (Å²) >= 11 is 0. The molecule has 1 aliphatic carbocycles. The van der Waals surface area contributed by atoms with Gasteiger partial charge in [-0.3, -0.25) is 0 Å². The summed E-state index contributed by atoms with van der Waals surface area (Å²) in [5, 5.41) is 12.8. The molecule has 0 aromatic rings. The van der Waals surface area contributed by atoms with Gasteiger partial charge in [-0.25, -0.2) is 4.79 Å². The van der Waals surface area contributed by atoms with Crippen LogP contribution in [0, 0.1) is 0 Å². The Morgan fingerprint density at radius 3 is 2.67 bits per heavy atom. The van der Waals surface area contributed by atoms with Crippen molar-refractivity contribution in [2.75, 3.05) is 19.6 Å². The molecular weight excluding hydrogens is 228 g/mol. The number of unbranched alkanes of at least 4 members (excludes halogenated alkanes) is 1. The fourth-order valence-corrected chi connectivity index (χ4v) is 2.22. The summed E-state index contributed by atoms with van der Waals surface area (Å²) in [5.74, 6) is 0. The Bertz CT molecular complexity index is 249. The van der Waals surface area contributed by atoms with Crippen LogP contribution < -0.4 is 21.3 Å². The van der Waals surface area contributed by atoms with E-state index in [1.165, 1.54) is 19.3 Å². The summed E-state index contributed by atoms with van der Waals surface area (Å²) in [6.07, 6.45) is 8.81. The Kier molecular flexibility index (Phi) is 5.74. The van der Waals surface area contributed by atoms with Gasteiger partial charge >= 0.3 is 6.03 Å². The van der Waals surface area contributed by atoms with Crippen LogP contribution in [0.2, 0.25) is 0 Å². The van der Waals surface area contributed by atoms with Crippen molar-refractivity contribution >= 4 is 6.03 Å². The lowest BCUT2D eigenvalue weighted by Gasteiger charge is -2.24. The summed E-state index contributed by atoms with van der Waals surface area (Å²) in [5.41, 5.74) is 0. The summed E-state index contributed by atoms with van der Waals surface area (Å²) < 4.78 is 0. The van der Waals surface area contributed by atoms with E-state index in [9.17, 15) is 4.79 Å². The van der Waals surface area contributed by atoms with Gasteiger partial charge in [0.1, 0.15) is 0 Å². The van der Waals surface area contributed by atoms with Gasteiger partial charge in [-0.1, -0.05) is 0 Å². The van der Waals surface area contributed by atoms with Crippen molar-refractivity contribution in [3.63, 3.8) is 0 Å². The summed E-state index contributed by atoms with van der Waals surface area (Å²) in [6, 6.07) is 0.448. The summed E-state index contributed by atoms with van der Waals surface area (Å²) in [6.45, 7) is 2.95. The van der Waals surface area contributed by atoms with Crippen LogP contribution in [0.5, 0.6) is 0 Å². The molecule has 1 unspecified atom stereocenters. The Labute approximate surface area is 109 Å². The number of carbonyl (C=O) groups excluding carboxylic acids is 1. The molecule has 0 spiro atoms. The Hall–Kier alpha value is -0.810. The van der Waals surface area contributed by atoms with E-state index in [4.69, 9.17) is 0 Å². The van der Waals surface area contributed by atoms with Crippen molar-refractivity contribution in [2.24, 2.45) is 0 Å². The summed E-state index contributed by atoms with van der Waals surface area (Å²) in [7, 11) is 0. The van der Waals surface area contributed by atoms with Crippen molar-refractivity contribution in [2.45, 2.75) is 57.2 Å². The number of rotatable bonds is 7. The van der Waals surface area contributed by atoms with Crippen molar-refractivity contribution in [1.82, 2.24) is 21.3 Å². The third-order valence-electron chi connectivity index (χ3n) is 3.50. The molecule has 1 heterocycles. The molecule has 0 bridgehead atoms. The fourth-order valence-electron chi connectivity index (χ4n) is 2.22. The molecule has 0 aromatic carbocycles. The normalized spacial score (nSPS) is 23.7. The molecule has 2 aliphatic rings. The molecule has 0 aromatic heterocycles. The van der Waals surface area contributed by atoms with Crippen molar-refractivity contribution in [3.8, 4) is 0 Å². The predicted octanol–water partition coefficient (Wildman–Crippen LogP) is 0.917. The molecule has 4 N–H and O–H groups in total. The molecule has 5 nitrogen and oxygen atoms in total. The SMILES string of the molecule is O=C(NCCCCNC1CCCCN1)NC1CC1. The molecule has 5 heteroatoms. The Morgan fingerprint density at radius 1 is 1.11 bits per heavy atom. The lowest BCUT2D eigenvalue weighted by Crippen LogP contribution is -2.45. The second-order valence-corrected chi connectivity index (χ2v) is 5.34. The second-order valence-electron chi connectivity index (χ2n) is 5.34. The number of urea groups is 1. The van der Waals surface area contributed by atoms with Gasteiger partial charge in [0.15, 0.2) is 0 Å². The monoisotopic (exact) mass is 254 g/mol. The van der Waals surface area contributed by atoms with E-state index in [1.54, 1.807) is 0 Å². The van der Waals surface area contributed by atoms with Gasteiger partial charge in [0.2, 0.25) is 0 Å². The zero-order valence-electron chi connectivity index (χ0n) is 11.1. The van der Waals surface area contributed by atoms with E-state index < -0.39 is 0 Å². The highest BCUT2D eigenvalue weighted by molar-refractivity contribution is 5.74. The Balaban J connectivity index is 1.37. The first-order valence-electron chi connectivity index (χ1n) is 7.36. The summed E-state index contributed by atoms with van der Waals surface area (Å²) in [4.78, 5) is 11.3. The van der Waals surface area contributed by atoms with E-state index in [1.807, 2.05) is 0 Å². The first-order valence-corrected chi connectivity index (χ1v) is 7.36. The largest absolute Gasteiger partial charge is 0.338 e. The maximum absolute atomic E-state index is 11.3. The molecule has 104 valence electrons. The van der Waals surface area contributed by atoms with Crippen LogP contribution in [-0.2, 0) is 0 Å². The van der Waals surface area contributed by atoms with Crippen molar-refractivity contribution in [3.05, 3.63) is 0 Å². The first-order chi connectivity index (χ1) is 8.84. The van der Waals surface area contributed by atoms with Crippen molar-refractivity contribution in [1.29, 1.82) is 0 Å². The van der Waals surface area contributed by atoms with E-state index in [0.29, 0.717) is 12.2 Å². The average molecular weight is 254 g/mol. The molecule has 1 saturated carbocycles. The van der Waals surface area contributed by atoms with E-state index >= 15 is 0 Å². The number of hydrogen-bond donors (Lipinski definition) is 4. The highest BCUT2D eigenvalue weighted by atomic mass is 16.2. The lowest BCUT2D eigenvalue weighted by atomic mass is 10.1. The van der Waals surface area contributed by atoms with E-state index in [0.717, 1.165) is 45.3 Å². The van der Waals surface area contributed by atoms with Crippen molar-refractivity contribution < 1.29 is 4.79 Å². The molecule has 0 radical (unpaired) electrons. The van der Waals surface area contributed by atoms with Crippen LogP contribution in [-0.4, -0.2) is 37.9 Å². The molecule has 2 fully saturated rings. The average Bonchev–Trinajstić information content (AvgIpc) is 3.19. The van der Waals surface area contributed by atoms with Crippen LogP contribution in [0.3, 0.4) is 0 Å². The van der Waals surface area contributed by atoms with Crippen LogP contribution in [0.15, 0.2) is 0 Å². The topological polar surface area (TPSA) is 65.2 Å². The number of nitrogens with one attached hydrogen (secondary N) is 4. The van der Waals surface area contributed by atoms with Gasteiger partial charge in [0.05, 0.1) is 6.17 Å². The minimum Gasteiger partial charge on any atom is -0.338 e. The maximum atomic E-state index is 11.3. The van der Waals surface area contributed by atoms with Gasteiger partial charge in [0, 0.05) is 12.6 Å². The molecule has 2 amide bonds. The number of piperidine rings is 1. The van der Waals surface area contributed by atoms with Crippen LogP contribution >= 0.6 is 0 Å². The zero-order valence-corrected chi connectivity index (χ0v) is 11.1. The van der Waals surface area contributed by atoms with Crippen LogP contribution in [0.4, 0.5) is 4.79 Å². The molecule has 1 atom stereocenters. The zero-order chi connectivity index (χ0) is 12.6. The standard InChI is InChI=1S/C13H26N4O/c18-13(17-11-6-7-11)16-10-4-3-9-15-12-5-1-2-8-14-12/h11-12,14-15H,1-10H2,(H2,16,17,18). The maximum Gasteiger partial charge on any atom is 0.315 e. The minimum atomic E-state index is -0.000550. The van der Waals surface area contributed by atoms with Gasteiger partial charge in [-0.2, -0.15) is 0 Å². The smallest absolute Gasteiger partial charge is 0.315 e. The second kappa shape index (κ2) is 7.59. The third-order valence-corrected chi connectivity index (χ3v) is 3.50. The first kappa shape index (κ1) is 13.6. The van der Waals surface area contributed by atoms with E-state index in [2.05, 4.69) is 21.3 Å². The number of hydrogen-bond acceptors (Lipinski definition) is 3. The highest BCUT2D eigenvalue weighted by Gasteiger charge is 2.22. The quantitative estimate of drug-likeness (QED) is 0.511. The predicted molar refractivity (Wildman–Crippen MR) is 72.4 cm³/mol. The van der Waals surface area contributed by atoms with Crippen LogP contribution in [0.1, 0.15) is 44.9 Å². The van der Waals surface area contributed by atoms with Gasteiger partial charge < -0.3 is 21.3 Å². The van der Waals surface area contributed by atoms with Gasteiger partial charge in [-0.05, 0) is 58.0 Å². The molecular formula is C13H26N4O. The Morgan fingerprint density at radius 2 is 1.94 bits per heavy atom. The lowest BCUT2D eigenvalue weighted by molar-refractivity contribution is 0.240. The third kappa shape index (κ3) is 5.69. The molecule has 1 saturated heterocycles. The van der Waals surface area contributed by atoms with Crippen LogP contribution in [0.25, 0.3) is 0 Å². The number of carbonyl (C=O) groups is 1. The van der Waals surface area contributed by atoms with Gasteiger partial charge in [-0.15, -0.1) is 0 Å². The number of amides is 2. The minimum absolute atomic E-state index is 0.000550. The molecule has 1 aliphatic heterocycles. The van der Waals surface area contributed by atoms with E-state index in [-0.39, 0.29) is 6.03 Å². The highest BCUT2D eigenvalue weighted by Crippen LogP contribution is 2.18. The fraction of sp³-hybridized carbons (Fsp3) is 0.923. The van der Waals surface area contributed by atoms with Gasteiger partial charge in [0.25, 0.3) is 0 Å². The molecule has 2 rings (SSSR count). The molecule has 18 heavy (non-hydrogen) atoms.